The van der Waals surface area contributed by atoms with Crippen molar-refractivity contribution in [3.63, 3.8) is 0 Å². The molecule has 8 heteroatoms. The summed E-state index contributed by atoms with van der Waals surface area (Å²) in [4.78, 5) is 4.39. The first-order valence-corrected chi connectivity index (χ1v) is 12.9. The Balaban J connectivity index is 2.19. The monoisotopic (exact) mass is 462 g/mol. The van der Waals surface area contributed by atoms with Crippen molar-refractivity contribution < 1.29 is 23.4 Å². The van der Waals surface area contributed by atoms with Crippen molar-refractivity contribution in [3.8, 4) is 5.75 Å². The van der Waals surface area contributed by atoms with Crippen molar-refractivity contribution in [2.24, 2.45) is 0 Å². The second-order valence-corrected chi connectivity index (χ2v) is 10.5. The van der Waals surface area contributed by atoms with Crippen molar-refractivity contribution in [2.45, 2.75) is 68.8 Å². The molecular formula is C24H34N2O5S. The van der Waals surface area contributed by atoms with Crippen LogP contribution < -0.4 is 15.5 Å². The number of fused-ring (bicyclic) bond motifs is 1. The van der Waals surface area contributed by atoms with Gasteiger partial charge in [-0.3, -0.25) is 5.32 Å². The maximum absolute atomic E-state index is 13.6. The first-order valence-electron chi connectivity index (χ1n) is 11.2. The Kier molecular flexibility index (Phi) is 8.16. The van der Waals surface area contributed by atoms with Gasteiger partial charge in [0.2, 0.25) is 0 Å². The topological polar surface area (TPSA) is 96.9 Å². The Labute approximate surface area is 190 Å². The van der Waals surface area contributed by atoms with Gasteiger partial charge in [-0.15, -0.1) is 4.99 Å². The zero-order valence-corrected chi connectivity index (χ0v) is 19.9. The maximum Gasteiger partial charge on any atom is 0.180 e. The minimum Gasteiger partial charge on any atom is -0.497 e. The number of benzene rings is 2. The molecule has 3 rings (SSSR count). The minimum absolute atomic E-state index is 0.0585. The predicted octanol–water partition coefficient (Wildman–Crippen LogP) is 5.10. The zero-order valence-electron chi connectivity index (χ0n) is 19.1. The van der Waals surface area contributed by atoms with E-state index in [2.05, 4.69) is 29.6 Å². The number of nitrogens with one attached hydrogen (secondary N) is 2. The number of sulfone groups is 1. The van der Waals surface area contributed by atoms with E-state index >= 15 is 0 Å². The molecule has 2 aromatic carbocycles. The molecule has 2 aromatic rings. The van der Waals surface area contributed by atoms with Crippen LogP contribution in [0, 0.1) is 0 Å². The van der Waals surface area contributed by atoms with Crippen molar-refractivity contribution in [1.29, 1.82) is 0 Å². The largest absolute Gasteiger partial charge is 0.497 e. The second-order valence-electron chi connectivity index (χ2n) is 8.54. The summed E-state index contributed by atoms with van der Waals surface area (Å²) in [6.07, 6.45) is 5.46. The van der Waals surface area contributed by atoms with E-state index in [0.717, 1.165) is 49.8 Å². The van der Waals surface area contributed by atoms with E-state index in [-0.39, 0.29) is 11.8 Å². The van der Waals surface area contributed by atoms with Crippen molar-refractivity contribution >= 4 is 15.5 Å². The molecule has 0 aromatic heterocycles. The molecule has 0 fully saturated rings. The van der Waals surface area contributed by atoms with E-state index in [0.29, 0.717) is 16.1 Å². The van der Waals surface area contributed by atoms with Crippen LogP contribution in [0.3, 0.4) is 0 Å². The average Bonchev–Trinajstić information content (AvgIpc) is 2.89. The van der Waals surface area contributed by atoms with Crippen LogP contribution in [0.2, 0.25) is 0 Å². The maximum atomic E-state index is 13.6. The Morgan fingerprint density at radius 2 is 1.75 bits per heavy atom. The molecule has 176 valence electrons. The third-order valence-corrected chi connectivity index (χ3v) is 8.18. The zero-order chi connectivity index (χ0) is 23.2. The van der Waals surface area contributed by atoms with Gasteiger partial charge in [-0.05, 0) is 54.3 Å². The van der Waals surface area contributed by atoms with Crippen molar-refractivity contribution in [3.05, 3.63) is 53.6 Å². The lowest BCUT2D eigenvalue weighted by Gasteiger charge is -2.37. The quantitative estimate of drug-likeness (QED) is 0.334. The van der Waals surface area contributed by atoms with E-state index in [4.69, 9.17) is 9.99 Å². The van der Waals surface area contributed by atoms with Crippen LogP contribution in [0.5, 0.6) is 5.75 Å². The highest BCUT2D eigenvalue weighted by atomic mass is 32.2. The van der Waals surface area contributed by atoms with Gasteiger partial charge in [0.05, 0.1) is 29.5 Å². The van der Waals surface area contributed by atoms with Crippen LogP contribution >= 0.6 is 0 Å². The molecule has 0 saturated heterocycles. The smallest absolute Gasteiger partial charge is 0.180 e. The standard InChI is InChI=1S/C24H34N2O5S/c1-4-6-14-24(15-7-5-2)17-32(28,29)22-13-10-19(26-31-27)16-21(22)23(25-24)18-8-11-20(30-3)12-9-18/h8-13,16,23,25-27H,4-7,14-15,17H2,1-3H3. The predicted molar refractivity (Wildman–Crippen MR) is 126 cm³/mol. The van der Waals surface area contributed by atoms with Crippen LogP contribution in [0.1, 0.15) is 69.5 Å². The van der Waals surface area contributed by atoms with Gasteiger partial charge in [-0.2, -0.15) is 0 Å². The second kappa shape index (κ2) is 10.7. The summed E-state index contributed by atoms with van der Waals surface area (Å²) in [5.74, 6) is 0.797. The number of methoxy groups -OCH3 is 1. The highest BCUT2D eigenvalue weighted by molar-refractivity contribution is 7.91. The highest BCUT2D eigenvalue weighted by Crippen LogP contribution is 2.40. The fourth-order valence-corrected chi connectivity index (χ4v) is 6.61. The number of rotatable bonds is 10. The lowest BCUT2D eigenvalue weighted by molar-refractivity contribution is -0.215. The third-order valence-electron chi connectivity index (χ3n) is 6.20. The number of hydrogen-bond donors (Lipinski definition) is 3. The Morgan fingerprint density at radius 3 is 2.31 bits per heavy atom. The van der Waals surface area contributed by atoms with Gasteiger partial charge in [0, 0.05) is 5.54 Å². The van der Waals surface area contributed by atoms with Gasteiger partial charge in [-0.25, -0.2) is 19.2 Å². The molecule has 32 heavy (non-hydrogen) atoms. The van der Waals surface area contributed by atoms with Crippen LogP contribution in [0.15, 0.2) is 47.4 Å². The summed E-state index contributed by atoms with van der Waals surface area (Å²) >= 11 is 0. The molecule has 0 aliphatic carbocycles. The van der Waals surface area contributed by atoms with Gasteiger partial charge in [0.25, 0.3) is 0 Å². The van der Waals surface area contributed by atoms with E-state index < -0.39 is 15.4 Å². The fraction of sp³-hybridized carbons (Fsp3) is 0.500. The van der Waals surface area contributed by atoms with E-state index in [1.54, 1.807) is 25.3 Å². The van der Waals surface area contributed by atoms with Gasteiger partial charge in [-0.1, -0.05) is 51.7 Å². The van der Waals surface area contributed by atoms with Crippen LogP contribution in [-0.4, -0.2) is 32.1 Å². The van der Waals surface area contributed by atoms with Crippen LogP contribution in [-0.2, 0) is 14.8 Å². The fourth-order valence-electron chi connectivity index (χ4n) is 4.54. The summed E-state index contributed by atoms with van der Waals surface area (Å²) in [5, 5.41) is 12.6. The summed E-state index contributed by atoms with van der Waals surface area (Å²) in [7, 11) is -1.93. The molecule has 0 bridgehead atoms. The number of unbranched alkanes of at least 4 members (excludes halogenated alkanes) is 2. The molecule has 3 N–H and O–H groups in total. The van der Waals surface area contributed by atoms with Crippen LogP contribution in [0.4, 0.5) is 5.69 Å². The number of ether oxygens (including phenoxy) is 1. The van der Waals surface area contributed by atoms with Gasteiger partial charge in [0.1, 0.15) is 5.75 Å². The first kappa shape index (κ1) is 24.5. The van der Waals surface area contributed by atoms with E-state index in [9.17, 15) is 8.42 Å². The normalized spacial score (nSPS) is 19.1. The summed E-state index contributed by atoms with van der Waals surface area (Å²) < 4.78 is 32.6. The van der Waals surface area contributed by atoms with Crippen molar-refractivity contribution in [1.82, 2.24) is 5.32 Å². The lowest BCUT2D eigenvalue weighted by atomic mass is 9.86. The molecule has 0 saturated carbocycles. The molecule has 1 heterocycles. The summed E-state index contributed by atoms with van der Waals surface area (Å²) in [5.41, 5.74) is 3.91. The Bertz CT molecular complexity index is 984. The molecule has 0 amide bonds. The van der Waals surface area contributed by atoms with Gasteiger partial charge < -0.3 is 4.74 Å². The molecule has 1 atom stereocenters. The molecule has 1 unspecified atom stereocenters. The molecule has 7 nitrogen and oxygen atoms in total. The molecule has 1 aliphatic heterocycles. The summed E-state index contributed by atoms with van der Waals surface area (Å²) in [6.45, 7) is 4.25. The number of anilines is 1. The molecule has 0 spiro atoms. The molecule has 0 radical (unpaired) electrons. The Morgan fingerprint density at radius 1 is 1.09 bits per heavy atom. The van der Waals surface area contributed by atoms with Gasteiger partial charge in [0.15, 0.2) is 9.84 Å². The Hall–Kier alpha value is -2.13. The summed E-state index contributed by atoms with van der Waals surface area (Å²) in [6, 6.07) is 12.3. The SMILES string of the molecule is CCCCC1(CCCC)CS(=O)(=O)c2ccc(NOO)cc2C(c2ccc(OC)cc2)N1. The first-order chi connectivity index (χ1) is 15.4. The van der Waals surface area contributed by atoms with Crippen molar-refractivity contribution in [2.75, 3.05) is 18.3 Å². The molecular weight excluding hydrogens is 428 g/mol. The van der Waals surface area contributed by atoms with E-state index in [1.165, 1.54) is 0 Å². The lowest BCUT2D eigenvalue weighted by Crippen LogP contribution is -2.50. The molecule has 1 aliphatic rings. The van der Waals surface area contributed by atoms with Crippen LogP contribution in [0.25, 0.3) is 0 Å². The highest BCUT2D eigenvalue weighted by Gasteiger charge is 2.42. The average molecular weight is 463 g/mol. The van der Waals surface area contributed by atoms with E-state index in [1.807, 2.05) is 24.3 Å². The van der Waals surface area contributed by atoms with Gasteiger partial charge >= 0.3 is 0 Å². The third kappa shape index (κ3) is 5.43. The number of hydrogen-bond acceptors (Lipinski definition) is 7. The minimum atomic E-state index is -3.55.